The van der Waals surface area contributed by atoms with Crippen LogP contribution in [0.25, 0.3) is 0 Å². The molecule has 0 spiro atoms. The number of carbonyl (C=O) groups is 2. The monoisotopic (exact) mass is 278 g/mol. The van der Waals surface area contributed by atoms with Crippen LogP contribution in [0.4, 0.5) is 0 Å². The first-order valence-corrected chi connectivity index (χ1v) is 6.88. The third kappa shape index (κ3) is 4.35. The van der Waals surface area contributed by atoms with E-state index in [1.54, 1.807) is 4.90 Å². The van der Waals surface area contributed by atoms with Crippen molar-refractivity contribution < 1.29 is 9.59 Å². The first-order chi connectivity index (χ1) is 9.49. The van der Waals surface area contributed by atoms with E-state index in [-0.39, 0.29) is 23.9 Å². The first-order valence-electron chi connectivity index (χ1n) is 6.88. The first kappa shape index (κ1) is 16.2. The van der Waals surface area contributed by atoms with E-state index in [1.807, 2.05) is 6.07 Å². The van der Waals surface area contributed by atoms with Crippen LogP contribution in [0.1, 0.15) is 26.7 Å². The van der Waals surface area contributed by atoms with Crippen LogP contribution in [0.5, 0.6) is 0 Å². The Morgan fingerprint density at radius 1 is 1.45 bits per heavy atom. The van der Waals surface area contributed by atoms with Gasteiger partial charge in [-0.2, -0.15) is 5.26 Å². The fourth-order valence-electron chi connectivity index (χ4n) is 2.12. The molecule has 6 nitrogen and oxygen atoms in total. The Hall–Kier alpha value is -1.87. The summed E-state index contributed by atoms with van der Waals surface area (Å²) in [4.78, 5) is 26.7. The van der Waals surface area contributed by atoms with E-state index in [1.165, 1.54) is 18.0 Å². The number of rotatable bonds is 4. The molecule has 1 aliphatic rings. The van der Waals surface area contributed by atoms with Gasteiger partial charge in [-0.25, -0.2) is 0 Å². The number of hydrogen-bond donors (Lipinski definition) is 1. The molecule has 1 heterocycles. The van der Waals surface area contributed by atoms with Crippen molar-refractivity contribution in [1.29, 1.82) is 5.26 Å². The molecule has 6 heteroatoms. The van der Waals surface area contributed by atoms with Crippen molar-refractivity contribution in [2.45, 2.75) is 26.7 Å². The Bertz CT molecular complexity index is 431. The van der Waals surface area contributed by atoms with Crippen molar-refractivity contribution in [1.82, 2.24) is 9.80 Å². The molecule has 0 radical (unpaired) electrons. The number of likely N-dealkylation sites (tertiary alicyclic amines) is 1. The van der Waals surface area contributed by atoms with Gasteiger partial charge in [0, 0.05) is 39.3 Å². The summed E-state index contributed by atoms with van der Waals surface area (Å²) in [6.45, 7) is 5.44. The molecule has 0 saturated carbocycles. The number of amides is 2. The molecule has 1 aliphatic heterocycles. The largest absolute Gasteiger partial charge is 0.338 e. The molecule has 0 bridgehead atoms. The van der Waals surface area contributed by atoms with E-state index >= 15 is 0 Å². The number of carbonyl (C=O) groups excluding carboxylic acids is 2. The van der Waals surface area contributed by atoms with Crippen molar-refractivity contribution in [2.75, 3.05) is 26.2 Å². The fourth-order valence-corrected chi connectivity index (χ4v) is 2.12. The predicted octanol–water partition coefficient (Wildman–Crippen LogP) is 0.460. The average Bonchev–Trinajstić information content (AvgIpc) is 2.43. The minimum atomic E-state index is -0.303. The molecule has 2 amide bonds. The van der Waals surface area contributed by atoms with E-state index in [0.29, 0.717) is 25.6 Å². The Kier molecular flexibility index (Phi) is 6.19. The minimum absolute atomic E-state index is 0.0109. The maximum absolute atomic E-state index is 12.3. The second-order valence-corrected chi connectivity index (χ2v) is 5.13. The molecule has 0 aromatic rings. The zero-order valence-corrected chi connectivity index (χ0v) is 12.1. The summed E-state index contributed by atoms with van der Waals surface area (Å²) in [6.07, 6.45) is 3.21. The van der Waals surface area contributed by atoms with Gasteiger partial charge in [0.15, 0.2) is 0 Å². The van der Waals surface area contributed by atoms with Gasteiger partial charge >= 0.3 is 0 Å². The Balaban J connectivity index is 2.81. The zero-order valence-electron chi connectivity index (χ0n) is 12.1. The number of nitriles is 1. The number of hydrogen-bond acceptors (Lipinski definition) is 4. The normalized spacial score (nSPS) is 16.7. The summed E-state index contributed by atoms with van der Waals surface area (Å²) in [7, 11) is 0. The van der Waals surface area contributed by atoms with Crippen molar-refractivity contribution in [3.05, 3.63) is 11.8 Å². The van der Waals surface area contributed by atoms with Gasteiger partial charge in [0.25, 0.3) is 5.91 Å². The molecule has 2 N–H and O–H groups in total. The summed E-state index contributed by atoms with van der Waals surface area (Å²) in [5, 5.41) is 9.14. The molecular formula is C14H22N4O2. The van der Waals surface area contributed by atoms with Gasteiger partial charge in [-0.1, -0.05) is 6.92 Å². The summed E-state index contributed by atoms with van der Waals surface area (Å²) >= 11 is 0. The van der Waals surface area contributed by atoms with Gasteiger partial charge in [-0.05, 0) is 18.8 Å². The van der Waals surface area contributed by atoms with Gasteiger partial charge in [0.1, 0.15) is 11.6 Å². The highest BCUT2D eigenvalue weighted by Crippen LogP contribution is 2.17. The lowest BCUT2D eigenvalue weighted by Gasteiger charge is -2.30. The van der Waals surface area contributed by atoms with E-state index in [9.17, 15) is 9.59 Å². The zero-order chi connectivity index (χ0) is 15.1. The smallest absolute Gasteiger partial charge is 0.266 e. The van der Waals surface area contributed by atoms with Crippen LogP contribution in [0.2, 0.25) is 0 Å². The molecular weight excluding hydrogens is 256 g/mol. The second kappa shape index (κ2) is 7.65. The topological polar surface area (TPSA) is 90.4 Å². The van der Waals surface area contributed by atoms with E-state index in [4.69, 9.17) is 11.0 Å². The maximum Gasteiger partial charge on any atom is 0.266 e. The van der Waals surface area contributed by atoms with Gasteiger partial charge in [0.2, 0.25) is 5.91 Å². The van der Waals surface area contributed by atoms with Crippen molar-refractivity contribution >= 4 is 11.8 Å². The van der Waals surface area contributed by atoms with Crippen molar-refractivity contribution in [3.8, 4) is 6.07 Å². The highest BCUT2D eigenvalue weighted by Gasteiger charge is 2.23. The molecule has 0 aliphatic carbocycles. The average molecular weight is 278 g/mol. The van der Waals surface area contributed by atoms with E-state index < -0.39 is 0 Å². The Morgan fingerprint density at radius 3 is 2.50 bits per heavy atom. The predicted molar refractivity (Wildman–Crippen MR) is 75.1 cm³/mol. The van der Waals surface area contributed by atoms with Gasteiger partial charge in [-0.15, -0.1) is 0 Å². The van der Waals surface area contributed by atoms with Crippen molar-refractivity contribution in [2.24, 2.45) is 11.7 Å². The number of piperidine rings is 1. The third-order valence-electron chi connectivity index (χ3n) is 3.48. The molecule has 0 aromatic heterocycles. The quantitative estimate of drug-likeness (QED) is 0.597. The highest BCUT2D eigenvalue weighted by molar-refractivity contribution is 5.97. The van der Waals surface area contributed by atoms with Crippen LogP contribution >= 0.6 is 0 Å². The summed E-state index contributed by atoms with van der Waals surface area (Å²) < 4.78 is 0. The highest BCUT2D eigenvalue weighted by atomic mass is 16.2. The standard InChI is InChI=1S/C14H22N4O2/c1-11-3-6-17(7-4-11)14(20)13(9-16)10-18(8-5-15)12(2)19/h10-11H,3-8,15H2,1-2H3/b13-10-. The van der Waals surface area contributed by atoms with E-state index in [2.05, 4.69) is 6.92 Å². The number of nitrogens with two attached hydrogens (primary N) is 1. The molecule has 1 rings (SSSR count). The SMILES string of the molecule is CC(=O)N(/C=C(/C#N)C(=O)N1CCC(C)CC1)CCN. The molecule has 0 atom stereocenters. The van der Waals surface area contributed by atoms with Crippen LogP contribution in [-0.2, 0) is 9.59 Å². The third-order valence-corrected chi connectivity index (χ3v) is 3.48. The number of nitrogens with zero attached hydrogens (tertiary/aromatic N) is 3. The summed E-state index contributed by atoms with van der Waals surface area (Å²) in [5.41, 5.74) is 5.41. The van der Waals surface area contributed by atoms with Crippen LogP contribution in [0.15, 0.2) is 11.8 Å². The second-order valence-electron chi connectivity index (χ2n) is 5.13. The lowest BCUT2D eigenvalue weighted by atomic mass is 9.99. The molecule has 0 unspecified atom stereocenters. The summed E-state index contributed by atoms with van der Waals surface area (Å²) in [5.74, 6) is 0.0745. The van der Waals surface area contributed by atoms with Gasteiger partial charge in [-0.3, -0.25) is 9.59 Å². The molecule has 0 aromatic carbocycles. The van der Waals surface area contributed by atoms with Gasteiger partial charge < -0.3 is 15.5 Å². The summed E-state index contributed by atoms with van der Waals surface area (Å²) in [6, 6.07) is 1.89. The maximum atomic E-state index is 12.3. The lowest BCUT2D eigenvalue weighted by molar-refractivity contribution is -0.128. The minimum Gasteiger partial charge on any atom is -0.338 e. The van der Waals surface area contributed by atoms with Crippen molar-refractivity contribution in [3.63, 3.8) is 0 Å². The molecule has 1 saturated heterocycles. The van der Waals surface area contributed by atoms with Crippen LogP contribution in [-0.4, -0.2) is 47.8 Å². The lowest BCUT2D eigenvalue weighted by Crippen LogP contribution is -2.39. The molecule has 110 valence electrons. The van der Waals surface area contributed by atoms with Gasteiger partial charge in [0.05, 0.1) is 0 Å². The van der Waals surface area contributed by atoms with E-state index in [0.717, 1.165) is 12.8 Å². The fraction of sp³-hybridized carbons (Fsp3) is 0.643. The molecule has 20 heavy (non-hydrogen) atoms. The molecule has 1 fully saturated rings. The Labute approximate surface area is 119 Å². The Morgan fingerprint density at radius 2 is 2.05 bits per heavy atom. The van der Waals surface area contributed by atoms with Crippen LogP contribution < -0.4 is 5.73 Å². The van der Waals surface area contributed by atoms with Crippen LogP contribution in [0.3, 0.4) is 0 Å². The van der Waals surface area contributed by atoms with Crippen LogP contribution in [0, 0.1) is 17.2 Å².